The van der Waals surface area contributed by atoms with Crippen LogP contribution in [0.15, 0.2) is 44.6 Å². The number of ether oxygens (including phenoxy) is 1. The Kier molecular flexibility index (Phi) is 5.79. The molecule has 1 saturated heterocycles. The molecule has 4 aliphatic rings. The summed E-state index contributed by atoms with van der Waals surface area (Å²) >= 11 is 1.38. The lowest BCUT2D eigenvalue weighted by molar-refractivity contribution is -0.131. The highest BCUT2D eigenvalue weighted by molar-refractivity contribution is 7.99. The number of rotatable bonds is 8. The summed E-state index contributed by atoms with van der Waals surface area (Å²) in [7, 11) is 0. The van der Waals surface area contributed by atoms with E-state index in [1.54, 1.807) is 0 Å². The van der Waals surface area contributed by atoms with Crippen LogP contribution in [0.4, 0.5) is 0 Å². The molecule has 9 heteroatoms. The van der Waals surface area contributed by atoms with E-state index in [1.165, 1.54) is 43.9 Å². The normalized spacial score (nSPS) is 30.3. The van der Waals surface area contributed by atoms with Crippen molar-refractivity contribution >= 4 is 23.6 Å². The summed E-state index contributed by atoms with van der Waals surface area (Å²) in [6.07, 6.45) is 7.47. The van der Waals surface area contributed by atoms with Crippen molar-refractivity contribution in [3.8, 4) is 5.88 Å². The first-order valence-electron chi connectivity index (χ1n) is 12.7. The number of aromatic nitrogens is 1. The van der Waals surface area contributed by atoms with Gasteiger partial charge in [-0.25, -0.2) is 0 Å². The van der Waals surface area contributed by atoms with Crippen molar-refractivity contribution in [2.45, 2.75) is 60.8 Å². The zero-order valence-corrected chi connectivity index (χ0v) is 20.6. The minimum atomic E-state index is -0.760. The summed E-state index contributed by atoms with van der Waals surface area (Å²) in [4.78, 5) is 27.2. The van der Waals surface area contributed by atoms with Crippen LogP contribution in [-0.4, -0.2) is 42.7 Å². The molecule has 1 aromatic heterocycles. The number of hydrogen-bond donors (Lipinski definition) is 3. The number of carbonyl (C=O) groups excluding carboxylic acids is 2. The number of piperidine rings is 1. The van der Waals surface area contributed by atoms with E-state index >= 15 is 0 Å². The largest absolute Gasteiger partial charge is 0.474 e. The SMILES string of the molecule is NC(=O)C1(COc2noc(C(=O)NC3C4CC5CCCC43C5)c2Sc2ccccc2)CCNCC1. The van der Waals surface area contributed by atoms with Gasteiger partial charge in [0.05, 0.1) is 5.41 Å². The van der Waals surface area contributed by atoms with Gasteiger partial charge < -0.3 is 25.6 Å². The third-order valence-corrected chi connectivity index (χ3v) is 9.88. The van der Waals surface area contributed by atoms with Gasteiger partial charge in [0.25, 0.3) is 11.8 Å². The fourth-order valence-electron chi connectivity index (χ4n) is 6.81. The highest BCUT2D eigenvalue weighted by atomic mass is 32.2. The van der Waals surface area contributed by atoms with Gasteiger partial charge in [-0.15, -0.1) is 0 Å². The number of benzene rings is 1. The van der Waals surface area contributed by atoms with Crippen LogP contribution in [-0.2, 0) is 4.79 Å². The minimum absolute atomic E-state index is 0.106. The smallest absolute Gasteiger partial charge is 0.291 e. The van der Waals surface area contributed by atoms with E-state index in [1.807, 2.05) is 30.3 Å². The molecule has 1 spiro atoms. The molecule has 4 atom stereocenters. The van der Waals surface area contributed by atoms with Crippen molar-refractivity contribution < 1.29 is 18.8 Å². The van der Waals surface area contributed by atoms with E-state index < -0.39 is 5.41 Å². The average Bonchev–Trinajstić information content (AvgIpc) is 3.14. The number of nitrogens with two attached hydrogens (primary N) is 1. The Hall–Kier alpha value is -2.52. The molecule has 1 aliphatic heterocycles. The van der Waals surface area contributed by atoms with Gasteiger partial charge >= 0.3 is 0 Å². The zero-order chi connectivity index (χ0) is 24.0. The Morgan fingerprint density at radius 3 is 2.80 bits per heavy atom. The van der Waals surface area contributed by atoms with Crippen LogP contribution in [0.25, 0.3) is 0 Å². The molecule has 8 nitrogen and oxygen atoms in total. The van der Waals surface area contributed by atoms with Crippen LogP contribution in [0, 0.1) is 22.7 Å². The number of fused-ring (bicyclic) bond motifs is 1. The Morgan fingerprint density at radius 2 is 2.03 bits per heavy atom. The first-order valence-corrected chi connectivity index (χ1v) is 13.5. The molecule has 2 heterocycles. The molecule has 35 heavy (non-hydrogen) atoms. The lowest BCUT2D eigenvalue weighted by atomic mass is 9.79. The lowest BCUT2D eigenvalue weighted by Crippen LogP contribution is -2.49. The zero-order valence-electron chi connectivity index (χ0n) is 19.8. The van der Waals surface area contributed by atoms with Crippen LogP contribution < -0.4 is 21.1 Å². The summed E-state index contributed by atoms with van der Waals surface area (Å²) in [5.74, 6) is 1.22. The molecule has 6 rings (SSSR count). The Balaban J connectivity index is 1.22. The second-order valence-corrected chi connectivity index (χ2v) is 11.8. The standard InChI is InChI=1S/C26H32N4O4S/c27-24(32)25(9-11-28-12-10-25)15-33-23-20(35-17-6-2-1-3-7-17)19(34-30-23)22(31)29-21-18-13-16-5-4-8-26(18,21)14-16/h1-3,6-7,16,18,21,28H,4-5,8-15H2,(H2,27,32)(H,29,31). The number of carbonyl (C=O) groups is 2. The molecule has 4 unspecified atom stereocenters. The van der Waals surface area contributed by atoms with Crippen LogP contribution in [0.5, 0.6) is 5.88 Å². The molecule has 4 fully saturated rings. The predicted octanol–water partition coefficient (Wildman–Crippen LogP) is 3.37. The molecule has 2 aromatic rings. The van der Waals surface area contributed by atoms with E-state index in [-0.39, 0.29) is 36.1 Å². The molecule has 0 radical (unpaired) electrons. The third-order valence-electron chi connectivity index (χ3n) is 8.81. The van der Waals surface area contributed by atoms with Crippen molar-refractivity contribution in [1.29, 1.82) is 0 Å². The second kappa shape index (κ2) is 8.85. The summed E-state index contributed by atoms with van der Waals surface area (Å²) < 4.78 is 11.6. The number of nitrogens with zero attached hydrogens (tertiary/aromatic N) is 1. The molecular formula is C26H32N4O4S. The van der Waals surface area contributed by atoms with E-state index in [4.69, 9.17) is 15.0 Å². The van der Waals surface area contributed by atoms with Crippen LogP contribution in [0.2, 0.25) is 0 Å². The van der Waals surface area contributed by atoms with Crippen LogP contribution in [0.3, 0.4) is 0 Å². The predicted molar refractivity (Wildman–Crippen MR) is 130 cm³/mol. The fraction of sp³-hybridized carbons (Fsp3) is 0.577. The van der Waals surface area contributed by atoms with Gasteiger partial charge in [-0.2, -0.15) is 0 Å². The Bertz CT molecular complexity index is 1120. The van der Waals surface area contributed by atoms with Gasteiger partial charge in [0, 0.05) is 10.9 Å². The monoisotopic (exact) mass is 496 g/mol. The van der Waals surface area contributed by atoms with Crippen molar-refractivity contribution in [3.05, 3.63) is 36.1 Å². The summed E-state index contributed by atoms with van der Waals surface area (Å²) in [6.45, 7) is 1.51. The lowest BCUT2D eigenvalue weighted by Gasteiger charge is -2.33. The maximum atomic E-state index is 13.4. The maximum absolute atomic E-state index is 13.4. The van der Waals surface area contributed by atoms with Crippen molar-refractivity contribution in [1.82, 2.24) is 15.8 Å². The first kappa shape index (κ1) is 22.9. The average molecular weight is 497 g/mol. The van der Waals surface area contributed by atoms with Crippen molar-refractivity contribution in [2.75, 3.05) is 19.7 Å². The van der Waals surface area contributed by atoms with Crippen molar-refractivity contribution in [2.24, 2.45) is 28.4 Å². The van der Waals surface area contributed by atoms with E-state index in [2.05, 4.69) is 15.8 Å². The van der Waals surface area contributed by atoms with Gasteiger partial charge in [0.15, 0.2) is 0 Å². The van der Waals surface area contributed by atoms with Crippen molar-refractivity contribution in [3.63, 3.8) is 0 Å². The maximum Gasteiger partial charge on any atom is 0.291 e. The topological polar surface area (TPSA) is 119 Å². The second-order valence-electron chi connectivity index (χ2n) is 10.7. The molecular weight excluding hydrogens is 464 g/mol. The number of hydrogen-bond acceptors (Lipinski definition) is 7. The molecule has 3 saturated carbocycles. The minimum Gasteiger partial charge on any atom is -0.474 e. The summed E-state index contributed by atoms with van der Waals surface area (Å²) in [5, 5.41) is 10.6. The molecule has 2 bridgehead atoms. The highest BCUT2D eigenvalue weighted by Gasteiger charge is 2.70. The molecule has 3 aliphatic carbocycles. The van der Waals surface area contributed by atoms with Crippen LogP contribution in [0.1, 0.15) is 55.5 Å². The summed E-state index contributed by atoms with van der Waals surface area (Å²) in [5.41, 5.74) is 5.31. The van der Waals surface area contributed by atoms with Gasteiger partial charge in [0.1, 0.15) is 11.5 Å². The molecule has 186 valence electrons. The first-order chi connectivity index (χ1) is 17.0. The molecule has 4 N–H and O–H groups in total. The Morgan fingerprint density at radius 1 is 1.23 bits per heavy atom. The van der Waals surface area contributed by atoms with Gasteiger partial charge in [-0.1, -0.05) is 42.8 Å². The van der Waals surface area contributed by atoms with Gasteiger partial charge in [-0.3, -0.25) is 9.59 Å². The van der Waals surface area contributed by atoms with E-state index in [9.17, 15) is 9.59 Å². The quantitative estimate of drug-likeness (QED) is 0.513. The van der Waals surface area contributed by atoms with E-state index in [0.717, 1.165) is 10.8 Å². The summed E-state index contributed by atoms with van der Waals surface area (Å²) in [6, 6.07) is 9.98. The fourth-order valence-corrected chi connectivity index (χ4v) is 7.75. The highest BCUT2D eigenvalue weighted by Crippen LogP contribution is 2.70. The molecule has 1 aromatic carbocycles. The van der Waals surface area contributed by atoms with Gasteiger partial charge in [0.2, 0.25) is 11.7 Å². The number of amides is 2. The number of primary amides is 1. The number of nitrogens with one attached hydrogen (secondary N) is 2. The van der Waals surface area contributed by atoms with Gasteiger partial charge in [-0.05, 0) is 79.7 Å². The third kappa shape index (κ3) is 4.02. The van der Waals surface area contributed by atoms with E-state index in [0.29, 0.717) is 42.2 Å². The Labute approximate surface area is 209 Å². The van der Waals surface area contributed by atoms with Crippen LogP contribution >= 0.6 is 11.8 Å². The molecule has 2 amide bonds.